The van der Waals surface area contributed by atoms with Crippen molar-refractivity contribution >= 4 is 11.9 Å². The van der Waals surface area contributed by atoms with Crippen LogP contribution in [0.1, 0.15) is 17.4 Å². The predicted octanol–water partition coefficient (Wildman–Crippen LogP) is -0.411. The van der Waals surface area contributed by atoms with Crippen molar-refractivity contribution in [2.45, 2.75) is 19.6 Å². The molecule has 0 aromatic carbocycles. The van der Waals surface area contributed by atoms with Gasteiger partial charge in [0.15, 0.2) is 5.78 Å². The Morgan fingerprint density at radius 1 is 1.80 bits per heavy atom. The Morgan fingerprint density at radius 3 is 3.13 bits per heavy atom. The highest BCUT2D eigenvalue weighted by molar-refractivity contribution is 5.91. The zero-order chi connectivity index (χ0) is 10.8. The molecule has 1 amide bonds. The molecule has 1 N–H and O–H groups in total. The fourth-order valence-electron chi connectivity index (χ4n) is 1.29. The molecule has 1 aliphatic rings. The van der Waals surface area contributed by atoms with Gasteiger partial charge in [0, 0.05) is 6.92 Å². The maximum atomic E-state index is 10.9. The molecule has 1 saturated heterocycles. The monoisotopic (exact) mass is 210 g/mol. The van der Waals surface area contributed by atoms with Gasteiger partial charge in [-0.1, -0.05) is 5.21 Å². The number of carbonyl (C=O) groups excluding carboxylic acids is 2. The molecule has 0 aliphatic carbocycles. The van der Waals surface area contributed by atoms with E-state index in [4.69, 9.17) is 4.74 Å². The molecular weight excluding hydrogens is 200 g/mol. The van der Waals surface area contributed by atoms with E-state index < -0.39 is 6.09 Å². The summed E-state index contributed by atoms with van der Waals surface area (Å²) < 4.78 is 6.40. The van der Waals surface area contributed by atoms with Crippen molar-refractivity contribution in [3.63, 3.8) is 0 Å². The highest BCUT2D eigenvalue weighted by Gasteiger charge is 2.23. The molecule has 7 heteroatoms. The van der Waals surface area contributed by atoms with Crippen LogP contribution in [0.15, 0.2) is 6.20 Å². The van der Waals surface area contributed by atoms with Gasteiger partial charge in [0.05, 0.1) is 19.3 Å². The minimum atomic E-state index is -0.424. The number of Topliss-reactive ketones (excluding diaryl/α,β-unsaturated/α-hetero) is 1. The lowest BCUT2D eigenvalue weighted by molar-refractivity contribution is 0.101. The Kier molecular flexibility index (Phi) is 2.36. The second kappa shape index (κ2) is 3.68. The number of hydrogen-bond acceptors (Lipinski definition) is 5. The molecule has 0 radical (unpaired) electrons. The quantitative estimate of drug-likeness (QED) is 0.685. The van der Waals surface area contributed by atoms with E-state index in [0.29, 0.717) is 18.8 Å². The van der Waals surface area contributed by atoms with Crippen molar-refractivity contribution in [2.24, 2.45) is 0 Å². The average molecular weight is 210 g/mol. The van der Waals surface area contributed by atoms with Gasteiger partial charge >= 0.3 is 6.09 Å². The maximum absolute atomic E-state index is 10.9. The molecule has 1 atom stereocenters. The smallest absolute Gasteiger partial charge is 0.407 e. The Morgan fingerprint density at radius 2 is 2.60 bits per heavy atom. The van der Waals surface area contributed by atoms with Crippen molar-refractivity contribution in [3.8, 4) is 0 Å². The van der Waals surface area contributed by atoms with Crippen LogP contribution in [0.25, 0.3) is 0 Å². The van der Waals surface area contributed by atoms with E-state index in [1.165, 1.54) is 17.8 Å². The third-order valence-corrected chi connectivity index (χ3v) is 2.04. The standard InChI is InChI=1S/C8H10N4O3/c1-5(13)7-4-12(11-10-7)3-6-2-9-8(14)15-6/h4,6H,2-3H2,1H3,(H,9,14). The summed E-state index contributed by atoms with van der Waals surface area (Å²) in [4.78, 5) is 21.7. The number of amides is 1. The van der Waals surface area contributed by atoms with Gasteiger partial charge in [0.1, 0.15) is 11.8 Å². The fraction of sp³-hybridized carbons (Fsp3) is 0.500. The summed E-state index contributed by atoms with van der Waals surface area (Å²) in [6.07, 6.45) is 0.861. The van der Waals surface area contributed by atoms with Crippen LogP contribution < -0.4 is 5.32 Å². The number of nitrogens with one attached hydrogen (secondary N) is 1. The van der Waals surface area contributed by atoms with Gasteiger partial charge in [-0.05, 0) is 0 Å². The van der Waals surface area contributed by atoms with Gasteiger partial charge in [-0.25, -0.2) is 9.48 Å². The summed E-state index contributed by atoms with van der Waals surface area (Å²) in [6.45, 7) is 2.28. The first kappa shape index (κ1) is 9.63. The first-order chi connectivity index (χ1) is 7.15. The number of rotatable bonds is 3. The lowest BCUT2D eigenvalue weighted by Gasteiger charge is -2.05. The Bertz CT molecular complexity index is 400. The molecule has 80 valence electrons. The highest BCUT2D eigenvalue weighted by atomic mass is 16.6. The molecule has 0 bridgehead atoms. The Hall–Kier alpha value is -1.92. The molecule has 0 saturated carbocycles. The van der Waals surface area contributed by atoms with Gasteiger partial charge in [0.2, 0.25) is 0 Å². The zero-order valence-corrected chi connectivity index (χ0v) is 8.14. The van der Waals surface area contributed by atoms with Crippen molar-refractivity contribution in [1.29, 1.82) is 0 Å². The van der Waals surface area contributed by atoms with Crippen molar-refractivity contribution in [1.82, 2.24) is 20.3 Å². The molecule has 7 nitrogen and oxygen atoms in total. The van der Waals surface area contributed by atoms with Crippen molar-refractivity contribution in [3.05, 3.63) is 11.9 Å². The van der Waals surface area contributed by atoms with Gasteiger partial charge in [-0.2, -0.15) is 0 Å². The van der Waals surface area contributed by atoms with Crippen LogP contribution in [-0.4, -0.2) is 39.5 Å². The van der Waals surface area contributed by atoms with Crippen LogP contribution in [0.2, 0.25) is 0 Å². The van der Waals surface area contributed by atoms with Crippen molar-refractivity contribution in [2.75, 3.05) is 6.54 Å². The second-order valence-electron chi connectivity index (χ2n) is 3.29. The van der Waals surface area contributed by atoms with E-state index in [-0.39, 0.29) is 11.9 Å². The zero-order valence-electron chi connectivity index (χ0n) is 8.14. The predicted molar refractivity (Wildman–Crippen MR) is 48.3 cm³/mol. The number of cyclic esters (lactones) is 1. The van der Waals surface area contributed by atoms with Gasteiger partial charge < -0.3 is 10.1 Å². The van der Waals surface area contributed by atoms with E-state index in [2.05, 4.69) is 15.6 Å². The average Bonchev–Trinajstić information content (AvgIpc) is 2.76. The number of ether oxygens (including phenoxy) is 1. The van der Waals surface area contributed by atoms with Gasteiger partial charge in [-0.3, -0.25) is 4.79 Å². The van der Waals surface area contributed by atoms with Crippen LogP contribution in [-0.2, 0) is 11.3 Å². The minimum Gasteiger partial charge on any atom is -0.442 e. The number of carbonyl (C=O) groups is 2. The summed E-state index contributed by atoms with van der Waals surface area (Å²) in [6, 6.07) is 0. The molecule has 1 unspecified atom stereocenters. The third-order valence-electron chi connectivity index (χ3n) is 2.04. The largest absolute Gasteiger partial charge is 0.442 e. The van der Waals surface area contributed by atoms with Gasteiger partial charge in [0.25, 0.3) is 0 Å². The Labute approximate surface area is 85.4 Å². The van der Waals surface area contributed by atoms with E-state index in [1.807, 2.05) is 0 Å². The summed E-state index contributed by atoms with van der Waals surface area (Å²) in [5, 5.41) is 9.96. The summed E-state index contributed by atoms with van der Waals surface area (Å²) in [7, 11) is 0. The van der Waals surface area contributed by atoms with Crippen molar-refractivity contribution < 1.29 is 14.3 Å². The van der Waals surface area contributed by atoms with E-state index >= 15 is 0 Å². The molecular formula is C8H10N4O3. The normalized spacial score (nSPS) is 19.8. The van der Waals surface area contributed by atoms with Crippen LogP contribution in [0.4, 0.5) is 4.79 Å². The molecule has 15 heavy (non-hydrogen) atoms. The lowest BCUT2D eigenvalue weighted by Crippen LogP contribution is -2.20. The molecule has 1 aliphatic heterocycles. The highest BCUT2D eigenvalue weighted by Crippen LogP contribution is 2.03. The first-order valence-corrected chi connectivity index (χ1v) is 4.50. The number of nitrogens with zero attached hydrogens (tertiary/aromatic N) is 3. The molecule has 1 fully saturated rings. The van der Waals surface area contributed by atoms with Gasteiger partial charge in [-0.15, -0.1) is 5.10 Å². The van der Waals surface area contributed by atoms with Crippen LogP contribution in [0, 0.1) is 0 Å². The summed E-state index contributed by atoms with van der Waals surface area (Å²) in [5.41, 5.74) is 0.312. The lowest BCUT2D eigenvalue weighted by atomic mass is 10.3. The van der Waals surface area contributed by atoms with E-state index in [0.717, 1.165) is 0 Å². The molecule has 1 aromatic rings. The fourth-order valence-corrected chi connectivity index (χ4v) is 1.29. The number of alkyl carbamates (subject to hydrolysis) is 1. The molecule has 1 aromatic heterocycles. The molecule has 2 rings (SSSR count). The van der Waals surface area contributed by atoms with E-state index in [9.17, 15) is 9.59 Å². The number of aromatic nitrogens is 3. The first-order valence-electron chi connectivity index (χ1n) is 4.50. The van der Waals surface area contributed by atoms with Crippen LogP contribution in [0.3, 0.4) is 0 Å². The van der Waals surface area contributed by atoms with Crippen LogP contribution in [0.5, 0.6) is 0 Å². The SMILES string of the molecule is CC(=O)c1cn(CC2CNC(=O)O2)nn1. The number of hydrogen-bond donors (Lipinski definition) is 1. The third kappa shape index (κ3) is 2.12. The number of ketones is 1. The van der Waals surface area contributed by atoms with E-state index in [1.54, 1.807) is 0 Å². The maximum Gasteiger partial charge on any atom is 0.407 e. The van der Waals surface area contributed by atoms with Crippen LogP contribution >= 0.6 is 0 Å². The Balaban J connectivity index is 1.99. The second-order valence-corrected chi connectivity index (χ2v) is 3.29. The summed E-state index contributed by atoms with van der Waals surface area (Å²) >= 11 is 0. The minimum absolute atomic E-state index is 0.136. The molecule has 2 heterocycles. The molecule has 0 spiro atoms. The topological polar surface area (TPSA) is 86.1 Å². The summed E-state index contributed by atoms with van der Waals surface area (Å²) in [5.74, 6) is -0.136.